The maximum Gasteiger partial charge on any atom is 0.00672 e. The topological polar surface area (TPSA) is 12.0 Å². The van der Waals surface area contributed by atoms with Crippen LogP contribution in [0.3, 0.4) is 0 Å². The monoisotopic (exact) mass is 271 g/mol. The first-order valence-corrected chi connectivity index (χ1v) is 9.26. The Bertz CT molecular complexity index is 203. The molecule has 0 bridgehead atoms. The lowest BCUT2D eigenvalue weighted by molar-refractivity contribution is 0.309. The highest BCUT2D eigenvalue weighted by Gasteiger charge is 2.23. The predicted molar refractivity (Wildman–Crippen MR) is 85.5 cm³/mol. The minimum Gasteiger partial charge on any atom is -0.314 e. The molecule has 0 aromatic heterocycles. The van der Waals surface area contributed by atoms with Crippen LogP contribution in [0.2, 0.25) is 0 Å². The van der Waals surface area contributed by atoms with Crippen LogP contribution in [0, 0.1) is 5.41 Å². The van der Waals surface area contributed by atoms with E-state index in [1.165, 1.54) is 70.1 Å². The van der Waals surface area contributed by atoms with Crippen LogP contribution in [0.25, 0.3) is 0 Å². The van der Waals surface area contributed by atoms with Gasteiger partial charge < -0.3 is 5.32 Å². The van der Waals surface area contributed by atoms with Crippen molar-refractivity contribution in [3.63, 3.8) is 0 Å². The molecule has 0 spiro atoms. The van der Waals surface area contributed by atoms with E-state index < -0.39 is 0 Å². The minimum atomic E-state index is 0.592. The van der Waals surface area contributed by atoms with Crippen LogP contribution in [0.1, 0.15) is 71.6 Å². The first-order chi connectivity index (χ1) is 8.64. The van der Waals surface area contributed by atoms with E-state index in [2.05, 4.69) is 25.4 Å². The van der Waals surface area contributed by atoms with Crippen molar-refractivity contribution in [1.29, 1.82) is 0 Å². The highest BCUT2D eigenvalue weighted by Crippen LogP contribution is 2.33. The van der Waals surface area contributed by atoms with Crippen LogP contribution in [-0.4, -0.2) is 24.6 Å². The molecular weight excluding hydrogens is 238 g/mol. The smallest absolute Gasteiger partial charge is 0.00672 e. The van der Waals surface area contributed by atoms with E-state index in [0.29, 0.717) is 5.41 Å². The van der Waals surface area contributed by atoms with E-state index >= 15 is 0 Å². The van der Waals surface area contributed by atoms with Crippen molar-refractivity contribution in [3.05, 3.63) is 0 Å². The molecule has 1 aliphatic carbocycles. The molecule has 0 amide bonds. The number of thioether (sulfide) groups is 1. The Morgan fingerprint density at radius 3 is 2.61 bits per heavy atom. The second kappa shape index (κ2) is 9.25. The van der Waals surface area contributed by atoms with Gasteiger partial charge in [-0.3, -0.25) is 0 Å². The molecule has 0 saturated heterocycles. The predicted octanol–water partition coefficient (Wildman–Crippen LogP) is 4.86. The zero-order valence-corrected chi connectivity index (χ0v) is 13.6. The summed E-state index contributed by atoms with van der Waals surface area (Å²) in [4.78, 5) is 0. The molecule has 0 radical (unpaired) electrons. The molecule has 0 aromatic carbocycles. The first kappa shape index (κ1) is 16.4. The van der Waals surface area contributed by atoms with E-state index in [1.807, 2.05) is 11.8 Å². The summed E-state index contributed by atoms with van der Waals surface area (Å²) in [6.45, 7) is 6.10. The molecular formula is C16H33NS. The first-order valence-electron chi connectivity index (χ1n) is 7.86. The van der Waals surface area contributed by atoms with Gasteiger partial charge in [0.1, 0.15) is 0 Å². The molecule has 108 valence electrons. The second-order valence-electron chi connectivity index (χ2n) is 6.65. The lowest BCUT2D eigenvalue weighted by atomic mass is 9.85. The summed E-state index contributed by atoms with van der Waals surface area (Å²) in [7, 11) is 0. The maximum atomic E-state index is 3.79. The zero-order chi connectivity index (χ0) is 13.3. The Balaban J connectivity index is 1.99. The average molecular weight is 272 g/mol. The van der Waals surface area contributed by atoms with Crippen molar-refractivity contribution in [2.45, 2.75) is 77.7 Å². The third kappa shape index (κ3) is 7.68. The lowest BCUT2D eigenvalue weighted by Crippen LogP contribution is -2.29. The van der Waals surface area contributed by atoms with Crippen molar-refractivity contribution >= 4 is 11.8 Å². The van der Waals surface area contributed by atoms with E-state index in [0.717, 1.165) is 6.04 Å². The molecule has 1 saturated carbocycles. The minimum absolute atomic E-state index is 0.592. The van der Waals surface area contributed by atoms with Crippen LogP contribution in [-0.2, 0) is 0 Å². The van der Waals surface area contributed by atoms with Crippen molar-refractivity contribution < 1.29 is 0 Å². The van der Waals surface area contributed by atoms with Gasteiger partial charge in [0.2, 0.25) is 0 Å². The number of rotatable bonds is 8. The SMILES string of the molecule is CSCCCCCCNC1CCCC(C)(C)CC1. The molecule has 2 heteroatoms. The summed E-state index contributed by atoms with van der Waals surface area (Å²) < 4.78 is 0. The number of hydrogen-bond donors (Lipinski definition) is 1. The van der Waals surface area contributed by atoms with E-state index in [1.54, 1.807) is 0 Å². The fraction of sp³-hybridized carbons (Fsp3) is 1.00. The Kier molecular flexibility index (Phi) is 8.41. The van der Waals surface area contributed by atoms with Gasteiger partial charge in [-0.15, -0.1) is 0 Å². The van der Waals surface area contributed by atoms with Gasteiger partial charge in [0.15, 0.2) is 0 Å². The van der Waals surface area contributed by atoms with Crippen molar-refractivity contribution in [2.24, 2.45) is 5.41 Å². The number of hydrogen-bond acceptors (Lipinski definition) is 2. The summed E-state index contributed by atoms with van der Waals surface area (Å²) in [5.74, 6) is 1.34. The van der Waals surface area contributed by atoms with Gasteiger partial charge in [0, 0.05) is 6.04 Å². The van der Waals surface area contributed by atoms with E-state index in [9.17, 15) is 0 Å². The average Bonchev–Trinajstić information content (AvgIpc) is 2.50. The standard InChI is InChI=1S/C16H33NS/c1-16(2)11-8-9-15(10-12-16)17-13-6-4-5-7-14-18-3/h15,17H,4-14H2,1-3H3. The molecule has 1 unspecified atom stereocenters. The summed E-state index contributed by atoms with van der Waals surface area (Å²) in [5.41, 5.74) is 0.592. The highest BCUT2D eigenvalue weighted by molar-refractivity contribution is 7.98. The second-order valence-corrected chi connectivity index (χ2v) is 7.64. The lowest BCUT2D eigenvalue weighted by Gasteiger charge is -2.22. The van der Waals surface area contributed by atoms with Crippen molar-refractivity contribution in [1.82, 2.24) is 5.32 Å². The molecule has 18 heavy (non-hydrogen) atoms. The summed E-state index contributed by atoms with van der Waals surface area (Å²) in [5, 5.41) is 3.79. The normalized spacial score (nSPS) is 23.8. The van der Waals surface area contributed by atoms with Crippen molar-refractivity contribution in [3.8, 4) is 0 Å². The quantitative estimate of drug-likeness (QED) is 0.500. The van der Waals surface area contributed by atoms with Gasteiger partial charge in [-0.05, 0) is 62.5 Å². The maximum absolute atomic E-state index is 3.79. The van der Waals surface area contributed by atoms with Gasteiger partial charge in [0.05, 0.1) is 0 Å². The fourth-order valence-electron chi connectivity index (χ4n) is 2.90. The Morgan fingerprint density at radius 1 is 1.06 bits per heavy atom. The summed E-state index contributed by atoms with van der Waals surface area (Å²) in [6, 6.07) is 0.804. The molecule has 0 heterocycles. The van der Waals surface area contributed by atoms with Gasteiger partial charge >= 0.3 is 0 Å². The summed E-state index contributed by atoms with van der Waals surface area (Å²) >= 11 is 1.97. The Hall–Kier alpha value is 0.310. The van der Waals surface area contributed by atoms with Crippen molar-refractivity contribution in [2.75, 3.05) is 18.6 Å². The third-order valence-corrected chi connectivity index (χ3v) is 4.98. The summed E-state index contributed by atoms with van der Waals surface area (Å²) in [6.07, 6.45) is 14.8. The highest BCUT2D eigenvalue weighted by atomic mass is 32.2. The number of unbranched alkanes of at least 4 members (excludes halogenated alkanes) is 3. The third-order valence-electron chi connectivity index (χ3n) is 4.28. The van der Waals surface area contributed by atoms with Gasteiger partial charge in [0.25, 0.3) is 0 Å². The molecule has 1 atom stereocenters. The van der Waals surface area contributed by atoms with E-state index in [-0.39, 0.29) is 0 Å². The molecule has 1 fully saturated rings. The molecule has 1 N–H and O–H groups in total. The van der Waals surface area contributed by atoms with E-state index in [4.69, 9.17) is 0 Å². The zero-order valence-electron chi connectivity index (χ0n) is 12.8. The van der Waals surface area contributed by atoms with Crippen LogP contribution in [0.5, 0.6) is 0 Å². The molecule has 1 rings (SSSR count). The van der Waals surface area contributed by atoms with Crippen LogP contribution < -0.4 is 5.32 Å². The molecule has 0 aromatic rings. The Morgan fingerprint density at radius 2 is 1.83 bits per heavy atom. The van der Waals surface area contributed by atoms with Crippen LogP contribution in [0.4, 0.5) is 0 Å². The van der Waals surface area contributed by atoms with Gasteiger partial charge in [-0.2, -0.15) is 11.8 Å². The molecule has 1 nitrogen and oxygen atoms in total. The fourth-order valence-corrected chi connectivity index (χ4v) is 3.39. The molecule has 0 aliphatic heterocycles. The molecule has 1 aliphatic rings. The van der Waals surface area contributed by atoms with Crippen LogP contribution in [0.15, 0.2) is 0 Å². The van der Waals surface area contributed by atoms with Gasteiger partial charge in [-0.1, -0.05) is 33.1 Å². The van der Waals surface area contributed by atoms with Crippen LogP contribution >= 0.6 is 11.8 Å². The largest absolute Gasteiger partial charge is 0.314 e. The Labute approximate surface area is 119 Å². The number of nitrogens with one attached hydrogen (secondary N) is 1. The van der Waals surface area contributed by atoms with Gasteiger partial charge in [-0.25, -0.2) is 0 Å².